The first-order chi connectivity index (χ1) is 6.45. The lowest BCUT2D eigenvalue weighted by Gasteiger charge is -1.88. The number of hydrogen-bond acceptors (Lipinski definition) is 3. The summed E-state index contributed by atoms with van der Waals surface area (Å²) in [7, 11) is 0. The van der Waals surface area contributed by atoms with Crippen LogP contribution in [0.4, 0.5) is 0 Å². The molecule has 13 heavy (non-hydrogen) atoms. The van der Waals surface area contributed by atoms with E-state index >= 15 is 0 Å². The van der Waals surface area contributed by atoms with Gasteiger partial charge in [-0.1, -0.05) is 35.5 Å². The minimum Gasteiger partial charge on any atom is -0.335 e. The van der Waals surface area contributed by atoms with Gasteiger partial charge in [-0.2, -0.15) is 4.98 Å². The zero-order valence-corrected chi connectivity index (χ0v) is 6.92. The van der Waals surface area contributed by atoms with E-state index in [2.05, 4.69) is 10.1 Å². The van der Waals surface area contributed by atoms with E-state index in [0.717, 1.165) is 5.56 Å². The second kappa shape index (κ2) is 3.67. The Balaban J connectivity index is 2.15. The largest absolute Gasteiger partial charge is 0.335 e. The molecule has 0 aliphatic rings. The van der Waals surface area contributed by atoms with E-state index in [0.29, 0.717) is 5.89 Å². The monoisotopic (exact) mass is 172 g/mol. The fourth-order valence-corrected chi connectivity index (χ4v) is 0.987. The summed E-state index contributed by atoms with van der Waals surface area (Å²) in [5.41, 5.74) is 1.11. The molecule has 0 amide bonds. The van der Waals surface area contributed by atoms with Gasteiger partial charge in [0.1, 0.15) is 0 Å². The Morgan fingerprint density at radius 3 is 2.62 bits per heavy atom. The van der Waals surface area contributed by atoms with Crippen LogP contribution in [0.3, 0.4) is 0 Å². The Bertz CT molecular complexity index is 379. The van der Waals surface area contributed by atoms with Crippen LogP contribution in [0.1, 0.15) is 11.5 Å². The molecule has 0 fully saturated rings. The van der Waals surface area contributed by atoms with Gasteiger partial charge in [-0.05, 0) is 11.6 Å². The summed E-state index contributed by atoms with van der Waals surface area (Å²) in [6.45, 7) is 0. The summed E-state index contributed by atoms with van der Waals surface area (Å²) < 4.78 is 4.81. The summed E-state index contributed by atoms with van der Waals surface area (Å²) in [5, 5.41) is 3.50. The quantitative estimate of drug-likeness (QED) is 0.697. The van der Waals surface area contributed by atoms with Crippen LogP contribution in [-0.2, 0) is 0 Å². The lowest BCUT2D eigenvalue weighted by molar-refractivity contribution is 0.409. The van der Waals surface area contributed by atoms with Gasteiger partial charge in [0.15, 0.2) is 6.33 Å². The molecule has 0 aliphatic carbocycles. The molecule has 0 N–H and O–H groups in total. The predicted octanol–water partition coefficient (Wildman–Crippen LogP) is 2.24. The first-order valence-corrected chi connectivity index (χ1v) is 3.95. The van der Waals surface area contributed by atoms with Gasteiger partial charge in [-0.25, -0.2) is 0 Å². The van der Waals surface area contributed by atoms with Crippen molar-refractivity contribution >= 4 is 12.2 Å². The minimum atomic E-state index is 0.517. The lowest BCUT2D eigenvalue weighted by atomic mass is 10.2. The Morgan fingerprint density at radius 2 is 1.92 bits per heavy atom. The van der Waals surface area contributed by atoms with Crippen molar-refractivity contribution in [3.8, 4) is 0 Å². The molecule has 3 heteroatoms. The van der Waals surface area contributed by atoms with Crippen molar-refractivity contribution in [1.82, 2.24) is 10.1 Å². The average molecular weight is 172 g/mol. The molecular formula is C10H8N2O. The third kappa shape index (κ3) is 2.02. The van der Waals surface area contributed by atoms with Gasteiger partial charge in [0, 0.05) is 6.08 Å². The number of benzene rings is 1. The van der Waals surface area contributed by atoms with E-state index in [9.17, 15) is 0 Å². The summed E-state index contributed by atoms with van der Waals surface area (Å²) in [4.78, 5) is 3.87. The Morgan fingerprint density at radius 1 is 1.08 bits per heavy atom. The van der Waals surface area contributed by atoms with Gasteiger partial charge in [0.2, 0.25) is 5.89 Å². The smallest absolute Gasteiger partial charge is 0.250 e. The molecule has 0 atom stereocenters. The maximum atomic E-state index is 4.81. The summed E-state index contributed by atoms with van der Waals surface area (Å²) in [5.74, 6) is 0.517. The highest BCUT2D eigenvalue weighted by Crippen LogP contribution is 2.04. The van der Waals surface area contributed by atoms with E-state index in [1.54, 1.807) is 6.08 Å². The third-order valence-corrected chi connectivity index (χ3v) is 1.60. The van der Waals surface area contributed by atoms with Crippen molar-refractivity contribution in [3.63, 3.8) is 0 Å². The number of aromatic nitrogens is 2. The van der Waals surface area contributed by atoms with E-state index in [4.69, 9.17) is 4.52 Å². The van der Waals surface area contributed by atoms with E-state index < -0.39 is 0 Å². The Hall–Kier alpha value is -1.90. The molecule has 1 aromatic heterocycles. The Labute approximate surface area is 75.7 Å². The van der Waals surface area contributed by atoms with Crippen LogP contribution in [0, 0.1) is 0 Å². The molecule has 0 bridgehead atoms. The van der Waals surface area contributed by atoms with Crippen LogP contribution in [0.15, 0.2) is 41.2 Å². The summed E-state index contributed by atoms with van der Waals surface area (Å²) in [6.07, 6.45) is 5.08. The molecule has 2 aromatic rings. The predicted molar refractivity (Wildman–Crippen MR) is 49.7 cm³/mol. The maximum absolute atomic E-state index is 4.81. The molecule has 0 unspecified atom stereocenters. The van der Waals surface area contributed by atoms with Gasteiger partial charge in [-0.3, -0.25) is 0 Å². The molecular weight excluding hydrogens is 164 g/mol. The van der Waals surface area contributed by atoms with Crippen LogP contribution < -0.4 is 0 Å². The number of nitrogens with zero attached hydrogens (tertiary/aromatic N) is 2. The van der Waals surface area contributed by atoms with E-state index in [-0.39, 0.29) is 0 Å². The molecule has 0 saturated heterocycles. The van der Waals surface area contributed by atoms with Crippen LogP contribution >= 0.6 is 0 Å². The number of rotatable bonds is 2. The highest BCUT2D eigenvalue weighted by molar-refractivity contribution is 5.65. The van der Waals surface area contributed by atoms with Gasteiger partial charge in [0.25, 0.3) is 0 Å². The average Bonchev–Trinajstić information content (AvgIpc) is 2.69. The highest BCUT2D eigenvalue weighted by atomic mass is 16.5. The maximum Gasteiger partial charge on any atom is 0.250 e. The highest BCUT2D eigenvalue weighted by Gasteiger charge is 1.90. The van der Waals surface area contributed by atoms with Crippen LogP contribution in [0.5, 0.6) is 0 Å². The first-order valence-electron chi connectivity index (χ1n) is 3.95. The van der Waals surface area contributed by atoms with Gasteiger partial charge < -0.3 is 4.52 Å². The molecule has 3 nitrogen and oxygen atoms in total. The molecule has 1 aromatic carbocycles. The molecule has 0 saturated carbocycles. The zero-order valence-electron chi connectivity index (χ0n) is 6.92. The van der Waals surface area contributed by atoms with E-state index in [1.165, 1.54) is 6.33 Å². The zero-order chi connectivity index (χ0) is 8.93. The van der Waals surface area contributed by atoms with Crippen molar-refractivity contribution in [3.05, 3.63) is 48.1 Å². The molecule has 0 radical (unpaired) electrons. The van der Waals surface area contributed by atoms with Gasteiger partial charge in [-0.15, -0.1) is 0 Å². The summed E-state index contributed by atoms with van der Waals surface area (Å²) >= 11 is 0. The van der Waals surface area contributed by atoms with Crippen LogP contribution in [0.25, 0.3) is 12.2 Å². The third-order valence-electron chi connectivity index (χ3n) is 1.60. The molecule has 1 heterocycles. The second-order valence-corrected chi connectivity index (χ2v) is 2.52. The summed E-state index contributed by atoms with van der Waals surface area (Å²) in [6, 6.07) is 9.95. The van der Waals surface area contributed by atoms with Crippen LogP contribution in [-0.4, -0.2) is 10.1 Å². The fourth-order valence-electron chi connectivity index (χ4n) is 0.987. The number of hydrogen-bond donors (Lipinski definition) is 0. The fraction of sp³-hybridized carbons (Fsp3) is 0. The van der Waals surface area contributed by atoms with Gasteiger partial charge >= 0.3 is 0 Å². The standard InChI is InChI=1S/C10H8N2O/c1-2-4-9(5-3-1)6-7-10-11-8-12-13-10/h1-8H/b7-6+. The van der Waals surface area contributed by atoms with Crippen LogP contribution in [0.2, 0.25) is 0 Å². The van der Waals surface area contributed by atoms with Gasteiger partial charge in [0.05, 0.1) is 0 Å². The molecule has 0 aliphatic heterocycles. The molecule has 2 rings (SSSR count). The van der Waals surface area contributed by atoms with E-state index in [1.807, 2.05) is 36.4 Å². The Kier molecular flexibility index (Phi) is 2.18. The van der Waals surface area contributed by atoms with Crippen molar-refractivity contribution in [1.29, 1.82) is 0 Å². The topological polar surface area (TPSA) is 38.9 Å². The SMILES string of the molecule is C(=C\c1ncno1)/c1ccccc1. The minimum absolute atomic E-state index is 0.517. The van der Waals surface area contributed by atoms with Crippen molar-refractivity contribution in [2.75, 3.05) is 0 Å². The normalized spacial score (nSPS) is 10.8. The van der Waals surface area contributed by atoms with Crippen molar-refractivity contribution in [2.24, 2.45) is 0 Å². The molecule has 0 spiro atoms. The lowest BCUT2D eigenvalue weighted by Crippen LogP contribution is -1.70. The van der Waals surface area contributed by atoms with Crippen molar-refractivity contribution in [2.45, 2.75) is 0 Å². The second-order valence-electron chi connectivity index (χ2n) is 2.52. The van der Waals surface area contributed by atoms with Crippen molar-refractivity contribution < 1.29 is 4.52 Å². The molecule has 64 valence electrons. The first kappa shape index (κ1) is 7.73.